The second kappa shape index (κ2) is 14.9. The zero-order chi connectivity index (χ0) is 32.7. The Balaban J connectivity index is 1.75. The molecule has 1 saturated heterocycles. The highest BCUT2D eigenvalue weighted by atomic mass is 32.2. The molecule has 1 aliphatic heterocycles. The van der Waals surface area contributed by atoms with Crippen molar-refractivity contribution in [1.29, 1.82) is 0 Å². The summed E-state index contributed by atoms with van der Waals surface area (Å²) in [5, 5.41) is 19.8. The van der Waals surface area contributed by atoms with Gasteiger partial charge in [-0.25, -0.2) is 4.79 Å². The Kier molecular flexibility index (Phi) is 11.9. The number of rotatable bonds is 11. The van der Waals surface area contributed by atoms with Gasteiger partial charge in [0, 0.05) is 17.8 Å². The fourth-order valence-corrected chi connectivity index (χ4v) is 6.06. The summed E-state index contributed by atoms with van der Waals surface area (Å²) in [6.45, 7) is 13.0. The van der Waals surface area contributed by atoms with Gasteiger partial charge in [-0.3, -0.25) is 14.4 Å². The number of carbonyl (C=O) groups is 4. The van der Waals surface area contributed by atoms with Crippen molar-refractivity contribution in [2.24, 2.45) is 5.92 Å². The first-order valence-corrected chi connectivity index (χ1v) is 15.8. The normalized spacial score (nSPS) is 18.1. The molecule has 10 nitrogen and oxygen atoms in total. The molecule has 11 heteroatoms. The van der Waals surface area contributed by atoms with Crippen LogP contribution < -0.4 is 16.0 Å². The number of carbonyl (C=O) groups excluding carboxylic acids is 4. The number of alkyl carbamates (subject to hydrolysis) is 1. The number of aliphatic hydroxyl groups excluding tert-OH is 1. The number of aliphatic hydroxyl groups is 1. The Morgan fingerprint density at radius 3 is 2.32 bits per heavy atom. The molecule has 4 atom stereocenters. The van der Waals surface area contributed by atoms with E-state index in [-0.39, 0.29) is 24.7 Å². The van der Waals surface area contributed by atoms with Gasteiger partial charge in [-0.2, -0.15) is 0 Å². The van der Waals surface area contributed by atoms with Gasteiger partial charge in [0.1, 0.15) is 11.6 Å². The molecule has 1 fully saturated rings. The van der Waals surface area contributed by atoms with Crippen molar-refractivity contribution >= 4 is 35.6 Å². The molecule has 0 bridgehead atoms. The molecular weight excluding hydrogens is 580 g/mol. The lowest BCUT2D eigenvalue weighted by Crippen LogP contribution is -2.59. The van der Waals surface area contributed by atoms with Gasteiger partial charge >= 0.3 is 6.09 Å². The average molecular weight is 627 g/mol. The summed E-state index contributed by atoms with van der Waals surface area (Å²) in [6.07, 6.45) is -2.08. The molecule has 0 aliphatic carbocycles. The molecule has 240 valence electrons. The first-order valence-electron chi connectivity index (χ1n) is 14.8. The summed E-state index contributed by atoms with van der Waals surface area (Å²) in [5.74, 6) is -1.86. The van der Waals surface area contributed by atoms with Crippen molar-refractivity contribution < 1.29 is 29.0 Å². The SMILES string of the molecule is Cc1ccccc1CNC(=O)[C@H]1N(C(=O)[C@@H](O)[C@H](Cc2ccccc2)NC(=O)C(C)CNC(=O)OC(C)(C)C)CSC1(C)C. The van der Waals surface area contributed by atoms with Gasteiger partial charge in [0.15, 0.2) is 6.10 Å². The van der Waals surface area contributed by atoms with Crippen LogP contribution >= 0.6 is 11.8 Å². The van der Waals surface area contributed by atoms with E-state index < -0.39 is 52.4 Å². The largest absolute Gasteiger partial charge is 0.444 e. The number of aryl methyl sites for hydroxylation is 1. The highest BCUT2D eigenvalue weighted by molar-refractivity contribution is 8.00. The van der Waals surface area contributed by atoms with Gasteiger partial charge in [-0.15, -0.1) is 11.8 Å². The smallest absolute Gasteiger partial charge is 0.407 e. The fraction of sp³-hybridized carbons (Fsp3) is 0.515. The predicted molar refractivity (Wildman–Crippen MR) is 172 cm³/mol. The van der Waals surface area contributed by atoms with Crippen LogP contribution in [0.2, 0.25) is 0 Å². The van der Waals surface area contributed by atoms with E-state index in [1.165, 1.54) is 16.7 Å². The van der Waals surface area contributed by atoms with E-state index in [1.54, 1.807) is 27.7 Å². The summed E-state index contributed by atoms with van der Waals surface area (Å²) >= 11 is 1.46. The van der Waals surface area contributed by atoms with Gasteiger partial charge in [0.2, 0.25) is 11.8 Å². The third kappa shape index (κ3) is 9.72. The van der Waals surface area contributed by atoms with Crippen molar-refractivity contribution in [1.82, 2.24) is 20.9 Å². The second-order valence-corrected chi connectivity index (χ2v) is 14.4. The van der Waals surface area contributed by atoms with E-state index >= 15 is 0 Å². The number of ether oxygens (including phenoxy) is 1. The molecule has 3 rings (SSSR count). The zero-order valence-electron chi connectivity index (χ0n) is 26.7. The van der Waals surface area contributed by atoms with Gasteiger partial charge in [-0.05, 0) is 64.7 Å². The molecule has 44 heavy (non-hydrogen) atoms. The lowest BCUT2D eigenvalue weighted by Gasteiger charge is -2.33. The Labute approximate surface area is 264 Å². The third-order valence-electron chi connectivity index (χ3n) is 7.45. The minimum absolute atomic E-state index is 0.00291. The number of thioether (sulfide) groups is 1. The highest BCUT2D eigenvalue weighted by Gasteiger charge is 2.49. The third-order valence-corrected chi connectivity index (χ3v) is 8.83. The second-order valence-electron chi connectivity index (χ2n) is 12.8. The summed E-state index contributed by atoms with van der Waals surface area (Å²) in [7, 11) is 0. The topological polar surface area (TPSA) is 137 Å². The van der Waals surface area contributed by atoms with Crippen LogP contribution in [0, 0.1) is 12.8 Å². The lowest BCUT2D eigenvalue weighted by molar-refractivity contribution is -0.148. The number of nitrogens with zero attached hydrogens (tertiary/aromatic N) is 1. The number of hydrogen-bond acceptors (Lipinski definition) is 7. The van der Waals surface area contributed by atoms with Crippen LogP contribution in [-0.4, -0.2) is 74.8 Å². The van der Waals surface area contributed by atoms with E-state index in [2.05, 4.69) is 16.0 Å². The van der Waals surface area contributed by atoms with Crippen molar-refractivity contribution in [3.05, 3.63) is 71.3 Å². The Morgan fingerprint density at radius 1 is 1.05 bits per heavy atom. The van der Waals surface area contributed by atoms with E-state index in [4.69, 9.17) is 4.74 Å². The lowest BCUT2D eigenvalue weighted by atomic mass is 9.96. The maximum atomic E-state index is 13.9. The van der Waals surface area contributed by atoms with Crippen LogP contribution in [0.4, 0.5) is 4.79 Å². The van der Waals surface area contributed by atoms with Crippen molar-refractivity contribution in [2.45, 2.75) is 90.0 Å². The van der Waals surface area contributed by atoms with Crippen molar-refractivity contribution in [3.63, 3.8) is 0 Å². The Morgan fingerprint density at radius 2 is 1.68 bits per heavy atom. The average Bonchev–Trinajstić information content (AvgIpc) is 3.28. The molecule has 1 heterocycles. The summed E-state index contributed by atoms with van der Waals surface area (Å²) in [4.78, 5) is 54.1. The van der Waals surface area contributed by atoms with Gasteiger partial charge in [0.25, 0.3) is 5.91 Å². The molecule has 2 aromatic rings. The molecule has 0 radical (unpaired) electrons. The van der Waals surface area contributed by atoms with E-state index in [0.29, 0.717) is 6.54 Å². The first kappa shape index (κ1) is 34.9. The number of nitrogens with one attached hydrogen (secondary N) is 3. The zero-order valence-corrected chi connectivity index (χ0v) is 27.5. The van der Waals surface area contributed by atoms with Gasteiger partial charge < -0.3 is 30.7 Å². The van der Waals surface area contributed by atoms with Crippen molar-refractivity contribution in [2.75, 3.05) is 12.4 Å². The first-order chi connectivity index (χ1) is 20.6. The highest BCUT2D eigenvalue weighted by Crippen LogP contribution is 2.40. The molecule has 0 aromatic heterocycles. The molecule has 4 N–H and O–H groups in total. The quantitative estimate of drug-likeness (QED) is 0.300. The van der Waals surface area contributed by atoms with Crippen LogP contribution in [0.1, 0.15) is 58.2 Å². The predicted octanol–water partition coefficient (Wildman–Crippen LogP) is 3.54. The van der Waals surface area contributed by atoms with E-state index in [1.807, 2.05) is 75.4 Å². The fourth-order valence-electron chi connectivity index (χ4n) is 4.92. The molecule has 1 unspecified atom stereocenters. The molecule has 2 aromatic carbocycles. The number of amides is 4. The summed E-state index contributed by atoms with van der Waals surface area (Å²) < 4.78 is 4.64. The maximum absolute atomic E-state index is 13.9. The summed E-state index contributed by atoms with van der Waals surface area (Å²) in [5.41, 5.74) is 2.15. The Hall–Kier alpha value is -3.57. The van der Waals surface area contributed by atoms with Crippen LogP contribution in [-0.2, 0) is 32.1 Å². The van der Waals surface area contributed by atoms with E-state index in [9.17, 15) is 24.3 Å². The standard InChI is InChI=1S/C33H46N4O6S/c1-21-13-11-12-16-24(21)19-34-29(40)27-33(6,7)44-20-37(27)30(41)26(38)25(17-23-14-9-8-10-15-23)36-28(39)22(2)18-35-31(42)43-32(3,4)5/h8-16,22,25-27,38H,17-20H2,1-7H3,(H,34,40)(H,35,42)(H,36,39)/t22?,25-,26-,27+/m0/s1. The monoisotopic (exact) mass is 626 g/mol. The van der Waals surface area contributed by atoms with Crippen LogP contribution in [0.25, 0.3) is 0 Å². The Bertz CT molecular complexity index is 1310. The summed E-state index contributed by atoms with van der Waals surface area (Å²) in [6, 6.07) is 15.2. The molecule has 0 spiro atoms. The number of benzene rings is 2. The van der Waals surface area contributed by atoms with E-state index in [0.717, 1.165) is 16.7 Å². The number of hydrogen-bond donors (Lipinski definition) is 4. The minimum atomic E-state index is -1.62. The van der Waals surface area contributed by atoms with Crippen LogP contribution in [0.5, 0.6) is 0 Å². The molecule has 4 amide bonds. The van der Waals surface area contributed by atoms with Crippen LogP contribution in [0.3, 0.4) is 0 Å². The minimum Gasteiger partial charge on any atom is -0.444 e. The van der Waals surface area contributed by atoms with Gasteiger partial charge in [-0.1, -0.05) is 61.5 Å². The van der Waals surface area contributed by atoms with Crippen LogP contribution in [0.15, 0.2) is 54.6 Å². The molecule has 0 saturated carbocycles. The maximum Gasteiger partial charge on any atom is 0.407 e. The molecule has 1 aliphatic rings. The molecular formula is C33H46N4O6S. The van der Waals surface area contributed by atoms with Gasteiger partial charge in [0.05, 0.1) is 17.8 Å². The van der Waals surface area contributed by atoms with Crippen molar-refractivity contribution in [3.8, 4) is 0 Å².